The lowest BCUT2D eigenvalue weighted by Crippen LogP contribution is -2.15. The number of amides is 2. The molecule has 0 fully saturated rings. The van der Waals surface area contributed by atoms with E-state index in [2.05, 4.69) is 42.5 Å². The number of hydrogen-bond acceptors (Lipinski definition) is 4. The number of carboxylic acid groups (broad SMARTS) is 2. The van der Waals surface area contributed by atoms with E-state index in [4.69, 9.17) is 0 Å². The van der Waals surface area contributed by atoms with E-state index < -0.39 is 11.9 Å². The van der Waals surface area contributed by atoms with Crippen LogP contribution in [0.5, 0.6) is 0 Å². The Morgan fingerprint density at radius 3 is 1.38 bits per heavy atom. The van der Waals surface area contributed by atoms with E-state index in [-0.39, 0.29) is 47.2 Å². The quantitative estimate of drug-likeness (QED) is 0.263. The van der Waals surface area contributed by atoms with E-state index >= 15 is 0 Å². The first-order chi connectivity index (χ1) is 15.2. The van der Waals surface area contributed by atoms with Crippen molar-refractivity contribution in [3.05, 3.63) is 56.5 Å². The van der Waals surface area contributed by atoms with E-state index in [1.807, 2.05) is 0 Å². The van der Waals surface area contributed by atoms with Crippen molar-refractivity contribution in [3.8, 4) is 0 Å². The van der Waals surface area contributed by atoms with Crippen LogP contribution >= 0.6 is 31.9 Å². The average molecular weight is 570 g/mol. The predicted octanol–water partition coefficient (Wildman–Crippen LogP) is 5.53. The summed E-state index contributed by atoms with van der Waals surface area (Å²) in [6, 6.07) is 9.23. The van der Waals surface area contributed by atoms with Crippen LogP contribution in [0, 0.1) is 0 Å². The van der Waals surface area contributed by atoms with Crippen LogP contribution in [-0.2, 0) is 9.59 Å². The first kappa shape index (κ1) is 25.5. The molecule has 0 aliphatic rings. The number of rotatable bonds is 11. The molecule has 0 aliphatic carbocycles. The van der Waals surface area contributed by atoms with Crippen molar-refractivity contribution in [2.75, 3.05) is 10.6 Å². The second kappa shape index (κ2) is 12.4. The lowest BCUT2D eigenvalue weighted by molar-refractivity contribution is -0.117. The number of anilines is 2. The van der Waals surface area contributed by atoms with Gasteiger partial charge in [-0.1, -0.05) is 44.7 Å². The van der Waals surface area contributed by atoms with Gasteiger partial charge in [0.2, 0.25) is 11.8 Å². The molecule has 0 aromatic heterocycles. The van der Waals surface area contributed by atoms with Crippen LogP contribution in [0.4, 0.5) is 11.4 Å². The third-order valence-electron chi connectivity index (χ3n) is 4.53. The van der Waals surface area contributed by atoms with E-state index in [1.165, 1.54) is 24.3 Å². The number of nitrogens with one attached hydrogen (secondary N) is 2. The van der Waals surface area contributed by atoms with Crippen LogP contribution in [0.25, 0.3) is 0 Å². The fraction of sp³-hybridized carbons (Fsp3) is 0.273. The highest BCUT2D eigenvalue weighted by Gasteiger charge is 2.14. The molecule has 4 N–H and O–H groups in total. The van der Waals surface area contributed by atoms with Gasteiger partial charge in [0.25, 0.3) is 0 Å². The Kier molecular flexibility index (Phi) is 9.86. The summed E-state index contributed by atoms with van der Waals surface area (Å²) < 4.78 is 1.22. The summed E-state index contributed by atoms with van der Waals surface area (Å²) in [5.41, 5.74) is 0.512. The third-order valence-corrected chi connectivity index (χ3v) is 5.52. The Bertz CT molecular complexity index is 944. The molecule has 32 heavy (non-hydrogen) atoms. The highest BCUT2D eigenvalue weighted by Crippen LogP contribution is 2.23. The molecule has 0 atom stereocenters. The summed E-state index contributed by atoms with van der Waals surface area (Å²) in [6.45, 7) is 0. The van der Waals surface area contributed by atoms with Gasteiger partial charge in [0.05, 0.1) is 22.5 Å². The van der Waals surface area contributed by atoms with Crippen molar-refractivity contribution in [2.45, 2.75) is 38.5 Å². The van der Waals surface area contributed by atoms with E-state index in [1.54, 1.807) is 12.1 Å². The first-order valence-electron chi connectivity index (χ1n) is 9.82. The predicted molar refractivity (Wildman–Crippen MR) is 127 cm³/mol. The van der Waals surface area contributed by atoms with Gasteiger partial charge in [-0.2, -0.15) is 0 Å². The molecule has 2 aromatic rings. The smallest absolute Gasteiger partial charge is 0.337 e. The van der Waals surface area contributed by atoms with E-state index in [9.17, 15) is 29.4 Å². The molecule has 0 saturated heterocycles. The molecule has 8 nitrogen and oxygen atoms in total. The molecule has 2 amide bonds. The van der Waals surface area contributed by atoms with Crippen LogP contribution in [-0.4, -0.2) is 34.0 Å². The van der Waals surface area contributed by atoms with Gasteiger partial charge in [0.1, 0.15) is 0 Å². The zero-order valence-electron chi connectivity index (χ0n) is 17.0. The van der Waals surface area contributed by atoms with Crippen molar-refractivity contribution in [1.82, 2.24) is 0 Å². The Hall–Kier alpha value is -2.72. The summed E-state index contributed by atoms with van der Waals surface area (Å²) in [6.07, 6.45) is 3.13. The van der Waals surface area contributed by atoms with Gasteiger partial charge in [-0.05, 0) is 49.2 Å². The minimum atomic E-state index is -1.13. The molecule has 0 aliphatic heterocycles. The molecule has 0 radical (unpaired) electrons. The number of aromatic carboxylic acids is 2. The number of hydrogen-bond donors (Lipinski definition) is 4. The van der Waals surface area contributed by atoms with E-state index in [0.29, 0.717) is 21.8 Å². The lowest BCUT2D eigenvalue weighted by Gasteiger charge is -2.10. The number of carbonyl (C=O) groups is 4. The molecule has 0 bridgehead atoms. The number of unbranched alkanes of at least 4 members (excludes halogenated alkanes) is 3. The van der Waals surface area contributed by atoms with Gasteiger partial charge in [0, 0.05) is 21.8 Å². The number of carbonyl (C=O) groups excluding carboxylic acids is 2. The van der Waals surface area contributed by atoms with Crippen molar-refractivity contribution in [2.24, 2.45) is 0 Å². The summed E-state index contributed by atoms with van der Waals surface area (Å²) in [4.78, 5) is 46.8. The Morgan fingerprint density at radius 2 is 1.03 bits per heavy atom. The zero-order chi connectivity index (χ0) is 23.7. The molecule has 0 spiro atoms. The van der Waals surface area contributed by atoms with Gasteiger partial charge in [-0.25, -0.2) is 9.59 Å². The maximum absolute atomic E-state index is 12.1. The summed E-state index contributed by atoms with van der Waals surface area (Å²) in [7, 11) is 0. The third kappa shape index (κ3) is 8.08. The fourth-order valence-corrected chi connectivity index (χ4v) is 3.68. The van der Waals surface area contributed by atoms with Gasteiger partial charge in [0.15, 0.2) is 0 Å². The largest absolute Gasteiger partial charge is 0.478 e. The maximum atomic E-state index is 12.1. The zero-order valence-corrected chi connectivity index (χ0v) is 20.2. The molecule has 0 heterocycles. The van der Waals surface area contributed by atoms with Gasteiger partial charge >= 0.3 is 11.9 Å². The van der Waals surface area contributed by atoms with Crippen LogP contribution in [0.1, 0.15) is 59.2 Å². The molecule has 0 saturated carbocycles. The van der Waals surface area contributed by atoms with E-state index in [0.717, 1.165) is 12.8 Å². The summed E-state index contributed by atoms with van der Waals surface area (Å²) >= 11 is 6.41. The van der Waals surface area contributed by atoms with Crippen LogP contribution in [0.15, 0.2) is 45.3 Å². The molecular weight excluding hydrogens is 548 g/mol. The van der Waals surface area contributed by atoms with Crippen LogP contribution < -0.4 is 10.6 Å². The lowest BCUT2D eigenvalue weighted by atomic mass is 10.1. The Balaban J connectivity index is 1.69. The molecule has 0 unspecified atom stereocenters. The molecule has 2 aromatic carbocycles. The first-order valence-corrected chi connectivity index (χ1v) is 11.4. The standard InChI is InChI=1S/C22H22Br2N2O6/c23-13-7-9-17(15(11-13)21(29)30)25-19(27)5-3-1-2-4-6-20(28)26-18-10-8-14(24)12-16(18)22(31)32/h7-12H,1-6H2,(H,25,27)(H,26,28)(H,29,30)(H,31,32). The highest BCUT2D eigenvalue weighted by atomic mass is 79.9. The second-order valence-corrected chi connectivity index (χ2v) is 8.83. The summed E-state index contributed by atoms with van der Waals surface area (Å²) in [5.74, 6) is -2.80. The fourth-order valence-electron chi connectivity index (χ4n) is 2.95. The van der Waals surface area contributed by atoms with Crippen LogP contribution in [0.2, 0.25) is 0 Å². The monoisotopic (exact) mass is 568 g/mol. The minimum Gasteiger partial charge on any atom is -0.478 e. The molecule has 10 heteroatoms. The highest BCUT2D eigenvalue weighted by molar-refractivity contribution is 9.10. The van der Waals surface area contributed by atoms with Crippen molar-refractivity contribution < 1.29 is 29.4 Å². The normalized spacial score (nSPS) is 10.4. The van der Waals surface area contributed by atoms with Gasteiger partial charge in [-0.15, -0.1) is 0 Å². The Labute approximate surface area is 201 Å². The van der Waals surface area contributed by atoms with Gasteiger partial charge < -0.3 is 20.8 Å². The number of halogens is 2. The number of carboxylic acids is 2. The average Bonchev–Trinajstić information content (AvgIpc) is 2.72. The van der Waals surface area contributed by atoms with Crippen molar-refractivity contribution >= 4 is 67.0 Å². The van der Waals surface area contributed by atoms with Gasteiger partial charge in [-0.3, -0.25) is 9.59 Å². The molecule has 2 rings (SSSR count). The second-order valence-electron chi connectivity index (χ2n) is 7.00. The minimum absolute atomic E-state index is 0.00978. The molecule has 170 valence electrons. The maximum Gasteiger partial charge on any atom is 0.337 e. The summed E-state index contributed by atoms with van der Waals surface area (Å²) in [5, 5.41) is 23.7. The van der Waals surface area contributed by atoms with Crippen LogP contribution in [0.3, 0.4) is 0 Å². The number of benzene rings is 2. The van der Waals surface area contributed by atoms with Crippen molar-refractivity contribution in [1.29, 1.82) is 0 Å². The molecular formula is C22H22Br2N2O6. The van der Waals surface area contributed by atoms with Crippen molar-refractivity contribution in [3.63, 3.8) is 0 Å². The SMILES string of the molecule is O=C(CCCCCCC(=O)Nc1ccc(Br)cc1C(=O)O)Nc1ccc(Br)cc1C(=O)O. The Morgan fingerprint density at radius 1 is 0.656 bits per heavy atom. The topological polar surface area (TPSA) is 133 Å².